The third kappa shape index (κ3) is 4.58. The number of aromatic nitrogens is 1. The van der Waals surface area contributed by atoms with Gasteiger partial charge < -0.3 is 10.6 Å². The summed E-state index contributed by atoms with van der Waals surface area (Å²) in [5, 5.41) is 8.26. The van der Waals surface area contributed by atoms with Gasteiger partial charge in [-0.1, -0.05) is 6.92 Å². The van der Waals surface area contributed by atoms with Crippen LogP contribution in [-0.2, 0) is 13.0 Å². The maximum Gasteiger partial charge on any atom is 0.107 e. The largest absolute Gasteiger partial charge is 0.312 e. The van der Waals surface area contributed by atoms with E-state index in [1.54, 1.807) is 0 Å². The fraction of sp³-hybridized carbons (Fsp3) is 0.750. The van der Waals surface area contributed by atoms with Crippen molar-refractivity contribution in [2.75, 3.05) is 24.6 Å². The molecule has 0 radical (unpaired) electrons. The molecule has 1 aliphatic rings. The molecule has 2 heterocycles. The highest BCUT2D eigenvalue weighted by Crippen LogP contribution is 2.13. The van der Waals surface area contributed by atoms with E-state index >= 15 is 0 Å². The number of hydrogen-bond acceptors (Lipinski definition) is 5. The molecule has 1 aromatic rings. The summed E-state index contributed by atoms with van der Waals surface area (Å²) in [6.45, 7) is 5.35. The predicted molar refractivity (Wildman–Crippen MR) is 76.9 cm³/mol. The number of thioether (sulfide) groups is 1. The first kappa shape index (κ1) is 13.3. The Balaban J connectivity index is 1.59. The Morgan fingerprint density at radius 1 is 1.59 bits per heavy atom. The van der Waals surface area contributed by atoms with Crippen LogP contribution in [0.3, 0.4) is 0 Å². The average molecular weight is 271 g/mol. The van der Waals surface area contributed by atoms with Crippen LogP contribution in [0.25, 0.3) is 0 Å². The standard InChI is InChI=1S/C12H21N3S2/c1-2-11-7-15-12(17-11)8-13-4-3-10-9-16-6-5-14-10/h7,10,13-14H,2-6,8-9H2,1H3. The van der Waals surface area contributed by atoms with Crippen molar-refractivity contribution in [2.24, 2.45) is 0 Å². The van der Waals surface area contributed by atoms with Gasteiger partial charge in [0.05, 0.1) is 0 Å². The second-order valence-electron chi connectivity index (χ2n) is 4.27. The molecule has 2 N–H and O–H groups in total. The van der Waals surface area contributed by atoms with Gasteiger partial charge in [0.15, 0.2) is 0 Å². The minimum Gasteiger partial charge on any atom is -0.312 e. The smallest absolute Gasteiger partial charge is 0.107 e. The lowest BCUT2D eigenvalue weighted by molar-refractivity contribution is 0.503. The Bertz CT molecular complexity index is 321. The molecule has 96 valence electrons. The molecule has 0 amide bonds. The molecule has 1 saturated heterocycles. The highest BCUT2D eigenvalue weighted by molar-refractivity contribution is 7.99. The molecule has 1 unspecified atom stereocenters. The van der Waals surface area contributed by atoms with Crippen LogP contribution in [0.1, 0.15) is 23.2 Å². The molecule has 1 fully saturated rings. The van der Waals surface area contributed by atoms with Gasteiger partial charge in [-0.25, -0.2) is 4.98 Å². The molecule has 1 aromatic heterocycles. The van der Waals surface area contributed by atoms with Gasteiger partial charge in [0.2, 0.25) is 0 Å². The number of hydrogen-bond donors (Lipinski definition) is 2. The zero-order chi connectivity index (χ0) is 11.9. The molecular formula is C12H21N3S2. The molecule has 0 aromatic carbocycles. The summed E-state index contributed by atoms with van der Waals surface area (Å²) < 4.78 is 0. The van der Waals surface area contributed by atoms with E-state index in [2.05, 4.69) is 34.3 Å². The molecule has 0 saturated carbocycles. The molecule has 1 atom stereocenters. The molecule has 1 aliphatic heterocycles. The normalized spacial score (nSPS) is 20.6. The van der Waals surface area contributed by atoms with E-state index in [-0.39, 0.29) is 0 Å². The molecular weight excluding hydrogens is 250 g/mol. The molecule has 0 bridgehead atoms. The van der Waals surface area contributed by atoms with Crippen LogP contribution in [0, 0.1) is 0 Å². The van der Waals surface area contributed by atoms with Crippen LogP contribution in [0.2, 0.25) is 0 Å². The van der Waals surface area contributed by atoms with E-state index in [1.807, 2.05) is 17.5 Å². The number of nitrogens with zero attached hydrogens (tertiary/aromatic N) is 1. The second kappa shape index (κ2) is 7.36. The van der Waals surface area contributed by atoms with Crippen LogP contribution in [-0.4, -0.2) is 35.6 Å². The molecule has 5 heteroatoms. The SMILES string of the molecule is CCc1cnc(CNCCC2CSCCN2)s1. The highest BCUT2D eigenvalue weighted by Gasteiger charge is 2.11. The number of thiazole rings is 1. The summed E-state index contributed by atoms with van der Waals surface area (Å²) in [7, 11) is 0. The lowest BCUT2D eigenvalue weighted by Crippen LogP contribution is -2.39. The van der Waals surface area contributed by atoms with Gasteiger partial charge >= 0.3 is 0 Å². The Labute approximate surface area is 112 Å². The van der Waals surface area contributed by atoms with Crippen LogP contribution < -0.4 is 10.6 Å². The molecule has 0 aliphatic carbocycles. The summed E-state index contributed by atoms with van der Waals surface area (Å²) in [5.41, 5.74) is 0. The van der Waals surface area contributed by atoms with Gasteiger partial charge in [0, 0.05) is 41.7 Å². The highest BCUT2D eigenvalue weighted by atomic mass is 32.2. The van der Waals surface area contributed by atoms with Crippen LogP contribution >= 0.6 is 23.1 Å². The Morgan fingerprint density at radius 3 is 3.24 bits per heavy atom. The Kier molecular flexibility index (Phi) is 5.77. The fourth-order valence-corrected chi connectivity index (χ4v) is 3.70. The maximum atomic E-state index is 4.41. The summed E-state index contributed by atoms with van der Waals surface area (Å²) in [6, 6.07) is 0.698. The van der Waals surface area contributed by atoms with Gasteiger partial charge in [0.1, 0.15) is 5.01 Å². The summed E-state index contributed by atoms with van der Waals surface area (Å²) >= 11 is 3.89. The summed E-state index contributed by atoms with van der Waals surface area (Å²) in [5.74, 6) is 2.53. The Hall–Kier alpha value is -0.100. The van der Waals surface area contributed by atoms with E-state index in [1.165, 1.54) is 34.4 Å². The van der Waals surface area contributed by atoms with Crippen LogP contribution in [0.4, 0.5) is 0 Å². The topological polar surface area (TPSA) is 37.0 Å². The van der Waals surface area contributed by atoms with Crippen molar-refractivity contribution in [3.05, 3.63) is 16.1 Å². The monoisotopic (exact) mass is 271 g/mol. The van der Waals surface area contributed by atoms with Crippen molar-refractivity contribution in [3.8, 4) is 0 Å². The van der Waals surface area contributed by atoms with E-state index in [4.69, 9.17) is 0 Å². The minimum atomic E-state index is 0.698. The van der Waals surface area contributed by atoms with Crippen molar-refractivity contribution in [3.63, 3.8) is 0 Å². The van der Waals surface area contributed by atoms with Gasteiger partial charge in [0.25, 0.3) is 0 Å². The third-order valence-electron chi connectivity index (χ3n) is 2.89. The average Bonchev–Trinajstić information content (AvgIpc) is 2.84. The van der Waals surface area contributed by atoms with Gasteiger partial charge in [-0.05, 0) is 19.4 Å². The van der Waals surface area contributed by atoms with Gasteiger partial charge in [-0.2, -0.15) is 11.8 Å². The van der Waals surface area contributed by atoms with E-state index < -0.39 is 0 Å². The van der Waals surface area contributed by atoms with Crippen molar-refractivity contribution in [2.45, 2.75) is 32.4 Å². The van der Waals surface area contributed by atoms with E-state index in [0.717, 1.165) is 19.5 Å². The zero-order valence-corrected chi connectivity index (χ0v) is 12.0. The molecule has 2 rings (SSSR count). The first-order valence-corrected chi connectivity index (χ1v) is 8.31. The van der Waals surface area contributed by atoms with Crippen molar-refractivity contribution in [1.82, 2.24) is 15.6 Å². The second-order valence-corrected chi connectivity index (χ2v) is 6.61. The fourth-order valence-electron chi connectivity index (χ4n) is 1.87. The first-order chi connectivity index (χ1) is 8.38. The first-order valence-electron chi connectivity index (χ1n) is 6.34. The van der Waals surface area contributed by atoms with Crippen LogP contribution in [0.5, 0.6) is 0 Å². The number of rotatable bonds is 6. The van der Waals surface area contributed by atoms with Crippen molar-refractivity contribution >= 4 is 23.1 Å². The lowest BCUT2D eigenvalue weighted by atomic mass is 10.2. The predicted octanol–water partition coefficient (Wildman–Crippen LogP) is 1.89. The molecule has 17 heavy (non-hydrogen) atoms. The zero-order valence-electron chi connectivity index (χ0n) is 10.4. The van der Waals surface area contributed by atoms with Gasteiger partial charge in [-0.3, -0.25) is 0 Å². The van der Waals surface area contributed by atoms with Gasteiger partial charge in [-0.15, -0.1) is 11.3 Å². The summed E-state index contributed by atoms with van der Waals surface area (Å²) in [6.07, 6.45) is 4.32. The van der Waals surface area contributed by atoms with E-state index in [9.17, 15) is 0 Å². The number of aryl methyl sites for hydroxylation is 1. The summed E-state index contributed by atoms with van der Waals surface area (Å²) in [4.78, 5) is 5.79. The van der Waals surface area contributed by atoms with Crippen LogP contribution in [0.15, 0.2) is 6.20 Å². The lowest BCUT2D eigenvalue weighted by Gasteiger charge is -2.22. The Morgan fingerprint density at radius 2 is 2.53 bits per heavy atom. The van der Waals surface area contributed by atoms with Crippen molar-refractivity contribution < 1.29 is 0 Å². The quantitative estimate of drug-likeness (QED) is 0.775. The number of nitrogens with one attached hydrogen (secondary N) is 2. The minimum absolute atomic E-state index is 0.698. The molecule has 0 spiro atoms. The maximum absolute atomic E-state index is 4.41. The van der Waals surface area contributed by atoms with Crippen molar-refractivity contribution in [1.29, 1.82) is 0 Å². The van der Waals surface area contributed by atoms with E-state index in [0.29, 0.717) is 6.04 Å². The third-order valence-corrected chi connectivity index (χ3v) is 5.17. The molecule has 3 nitrogen and oxygen atoms in total.